The Morgan fingerprint density at radius 2 is 2.07 bits per heavy atom. The fourth-order valence-corrected chi connectivity index (χ4v) is 2.55. The summed E-state index contributed by atoms with van der Waals surface area (Å²) in [5, 5.41) is 16.8. The minimum atomic E-state index is -0.552. The summed E-state index contributed by atoms with van der Waals surface area (Å²) in [6.07, 6.45) is 4.33. The van der Waals surface area contributed by atoms with Crippen molar-refractivity contribution in [1.29, 1.82) is 5.41 Å². The maximum absolute atomic E-state index is 14.3. The van der Waals surface area contributed by atoms with Gasteiger partial charge in [0.2, 0.25) is 0 Å². The fourth-order valence-electron chi connectivity index (χ4n) is 2.55. The van der Waals surface area contributed by atoms with Crippen LogP contribution in [0.2, 0.25) is 0 Å². The van der Waals surface area contributed by atoms with Crippen molar-refractivity contribution < 1.29 is 13.9 Å². The van der Waals surface area contributed by atoms with Crippen molar-refractivity contribution in [3.63, 3.8) is 0 Å². The zero-order valence-electron chi connectivity index (χ0n) is 14.6. The van der Waals surface area contributed by atoms with E-state index in [0.29, 0.717) is 5.69 Å². The van der Waals surface area contributed by atoms with Crippen LogP contribution in [0.5, 0.6) is 5.75 Å². The Morgan fingerprint density at radius 1 is 1.30 bits per heavy atom. The standard InChI is InChI=1S/C19H18FN5O2/c1-27-17-4-2-3-14(18(17)20)11-25(12-21)19(26)24-16-7-5-13(6-8-16)15-9-22-23-10-15/h2-10,12,21H,11H2,1H3,(H,22,23)(H,24,26). The molecule has 0 aliphatic carbocycles. The molecule has 3 aromatic rings. The van der Waals surface area contributed by atoms with Crippen LogP contribution in [0.15, 0.2) is 54.9 Å². The highest BCUT2D eigenvalue weighted by Crippen LogP contribution is 2.22. The van der Waals surface area contributed by atoms with Crippen molar-refractivity contribution >= 4 is 18.1 Å². The minimum absolute atomic E-state index is 0.0904. The van der Waals surface area contributed by atoms with Gasteiger partial charge in [-0.05, 0) is 23.8 Å². The van der Waals surface area contributed by atoms with Gasteiger partial charge in [-0.3, -0.25) is 15.4 Å². The number of halogens is 1. The number of aromatic nitrogens is 2. The van der Waals surface area contributed by atoms with Gasteiger partial charge in [0.15, 0.2) is 11.6 Å². The predicted molar refractivity (Wildman–Crippen MR) is 100 cm³/mol. The monoisotopic (exact) mass is 367 g/mol. The second-order valence-corrected chi connectivity index (χ2v) is 5.68. The summed E-state index contributed by atoms with van der Waals surface area (Å²) in [7, 11) is 1.37. The van der Waals surface area contributed by atoms with Crippen molar-refractivity contribution in [2.24, 2.45) is 0 Å². The van der Waals surface area contributed by atoms with Gasteiger partial charge in [0.1, 0.15) is 0 Å². The van der Waals surface area contributed by atoms with E-state index in [2.05, 4.69) is 15.5 Å². The molecular weight excluding hydrogens is 349 g/mol. The Labute approximate surface area is 155 Å². The molecule has 1 aromatic heterocycles. The Bertz CT molecular complexity index is 926. The molecule has 0 unspecified atom stereocenters. The molecule has 0 bridgehead atoms. The molecule has 1 heterocycles. The van der Waals surface area contributed by atoms with Crippen LogP contribution in [0.25, 0.3) is 11.1 Å². The lowest BCUT2D eigenvalue weighted by molar-refractivity contribution is 0.233. The van der Waals surface area contributed by atoms with Crippen LogP contribution in [-0.4, -0.2) is 34.6 Å². The minimum Gasteiger partial charge on any atom is -0.494 e. The van der Waals surface area contributed by atoms with Crippen molar-refractivity contribution in [3.05, 3.63) is 66.2 Å². The quantitative estimate of drug-likeness (QED) is 0.456. The van der Waals surface area contributed by atoms with Crippen molar-refractivity contribution in [2.45, 2.75) is 6.54 Å². The Kier molecular flexibility index (Phi) is 5.46. The van der Waals surface area contributed by atoms with E-state index in [1.165, 1.54) is 13.2 Å². The van der Waals surface area contributed by atoms with Gasteiger partial charge in [-0.15, -0.1) is 0 Å². The summed E-state index contributed by atoms with van der Waals surface area (Å²) in [5.41, 5.74) is 2.69. The third kappa shape index (κ3) is 4.12. The smallest absolute Gasteiger partial charge is 0.327 e. The first-order chi connectivity index (χ1) is 13.1. The number of methoxy groups -OCH3 is 1. The number of hydrogen-bond donors (Lipinski definition) is 3. The lowest BCUT2D eigenvalue weighted by atomic mass is 10.1. The zero-order valence-corrected chi connectivity index (χ0v) is 14.6. The molecule has 138 valence electrons. The summed E-state index contributed by atoms with van der Waals surface area (Å²) < 4.78 is 19.2. The van der Waals surface area contributed by atoms with Crippen molar-refractivity contribution in [1.82, 2.24) is 15.1 Å². The molecule has 0 radical (unpaired) electrons. The Morgan fingerprint density at radius 3 is 2.70 bits per heavy atom. The number of rotatable bonds is 6. The lowest BCUT2D eigenvalue weighted by Gasteiger charge is -2.19. The second-order valence-electron chi connectivity index (χ2n) is 5.68. The van der Waals surface area contributed by atoms with E-state index in [0.717, 1.165) is 22.4 Å². The molecule has 0 atom stereocenters. The number of nitrogens with one attached hydrogen (secondary N) is 3. The molecule has 7 nitrogen and oxygen atoms in total. The number of benzene rings is 2. The van der Waals surface area contributed by atoms with Crippen LogP contribution >= 0.6 is 0 Å². The van der Waals surface area contributed by atoms with E-state index >= 15 is 0 Å². The van der Waals surface area contributed by atoms with Crippen LogP contribution in [0.4, 0.5) is 14.9 Å². The predicted octanol–water partition coefficient (Wildman–Crippen LogP) is 3.87. The number of carbonyl (C=O) groups is 1. The molecule has 3 rings (SSSR count). The van der Waals surface area contributed by atoms with Gasteiger partial charge in [0.25, 0.3) is 0 Å². The second kappa shape index (κ2) is 8.13. The average Bonchev–Trinajstić information content (AvgIpc) is 3.22. The van der Waals surface area contributed by atoms with Gasteiger partial charge < -0.3 is 10.1 Å². The van der Waals surface area contributed by atoms with E-state index in [-0.39, 0.29) is 17.9 Å². The Balaban J connectivity index is 1.69. The molecule has 27 heavy (non-hydrogen) atoms. The molecule has 2 aromatic carbocycles. The van der Waals surface area contributed by atoms with Gasteiger partial charge in [-0.1, -0.05) is 24.3 Å². The van der Waals surface area contributed by atoms with Crippen LogP contribution in [0.1, 0.15) is 5.56 Å². The van der Waals surface area contributed by atoms with Crippen molar-refractivity contribution in [2.75, 3.05) is 12.4 Å². The molecule has 0 spiro atoms. The number of amides is 2. The first-order valence-electron chi connectivity index (χ1n) is 8.11. The summed E-state index contributed by atoms with van der Waals surface area (Å²) in [6, 6.07) is 11.3. The van der Waals surface area contributed by atoms with E-state index in [1.807, 2.05) is 12.1 Å². The maximum atomic E-state index is 14.3. The van der Waals surface area contributed by atoms with Gasteiger partial charge in [-0.2, -0.15) is 5.10 Å². The van der Waals surface area contributed by atoms with Crippen LogP contribution in [0.3, 0.4) is 0 Å². The first-order valence-corrected chi connectivity index (χ1v) is 8.11. The molecular formula is C19H18FN5O2. The molecule has 0 fully saturated rings. The topological polar surface area (TPSA) is 94.1 Å². The summed E-state index contributed by atoms with van der Waals surface area (Å²) >= 11 is 0. The fraction of sp³-hybridized carbons (Fsp3) is 0.105. The number of H-pyrrole nitrogens is 1. The maximum Gasteiger partial charge on any atom is 0.327 e. The lowest BCUT2D eigenvalue weighted by Crippen LogP contribution is -2.33. The number of nitrogens with zero attached hydrogens (tertiary/aromatic N) is 2. The van der Waals surface area contributed by atoms with Crippen molar-refractivity contribution in [3.8, 4) is 16.9 Å². The van der Waals surface area contributed by atoms with Crippen LogP contribution in [-0.2, 0) is 6.54 Å². The number of carbonyl (C=O) groups excluding carboxylic acids is 1. The van der Waals surface area contributed by atoms with E-state index in [9.17, 15) is 9.18 Å². The summed E-state index contributed by atoms with van der Waals surface area (Å²) in [4.78, 5) is 13.5. The molecule has 2 amide bonds. The molecule has 0 aliphatic rings. The van der Waals surface area contributed by atoms with Gasteiger partial charge >= 0.3 is 6.03 Å². The molecule has 0 saturated heterocycles. The SMILES string of the molecule is COc1cccc(CN(C=N)C(=O)Nc2ccc(-c3cn[nH]c3)cc2)c1F. The highest BCUT2D eigenvalue weighted by molar-refractivity contribution is 5.96. The third-order valence-corrected chi connectivity index (χ3v) is 3.99. The van der Waals surface area contributed by atoms with Crippen LogP contribution in [0, 0.1) is 11.2 Å². The van der Waals surface area contributed by atoms with Gasteiger partial charge in [0.05, 0.1) is 26.2 Å². The molecule has 8 heteroatoms. The number of ether oxygens (including phenoxy) is 1. The third-order valence-electron chi connectivity index (χ3n) is 3.99. The number of anilines is 1. The molecule has 0 saturated carbocycles. The average molecular weight is 367 g/mol. The Hall–Kier alpha value is -3.68. The molecule has 3 N–H and O–H groups in total. The van der Waals surface area contributed by atoms with Gasteiger partial charge in [-0.25, -0.2) is 9.18 Å². The van der Waals surface area contributed by atoms with E-state index in [4.69, 9.17) is 10.1 Å². The first kappa shape index (κ1) is 18.1. The van der Waals surface area contributed by atoms with E-state index in [1.54, 1.807) is 36.7 Å². The van der Waals surface area contributed by atoms with E-state index < -0.39 is 11.8 Å². The largest absolute Gasteiger partial charge is 0.494 e. The number of aromatic amines is 1. The summed E-state index contributed by atoms with van der Waals surface area (Å²) in [5.74, 6) is -0.461. The number of urea groups is 1. The summed E-state index contributed by atoms with van der Waals surface area (Å²) in [6.45, 7) is -0.0918. The highest BCUT2D eigenvalue weighted by atomic mass is 19.1. The normalized spacial score (nSPS) is 10.3. The highest BCUT2D eigenvalue weighted by Gasteiger charge is 2.16. The van der Waals surface area contributed by atoms with Crippen LogP contribution < -0.4 is 10.1 Å². The number of hydrogen-bond acceptors (Lipinski definition) is 4. The zero-order chi connectivity index (χ0) is 19.2. The molecule has 0 aliphatic heterocycles. The van der Waals surface area contributed by atoms with Gasteiger partial charge in [0, 0.05) is 23.0 Å².